The van der Waals surface area contributed by atoms with E-state index in [0.29, 0.717) is 26.4 Å². The normalized spacial score (nSPS) is 12.7. The molecule has 0 rings (SSSR count). The first-order chi connectivity index (χ1) is 14.7. The van der Waals surface area contributed by atoms with Gasteiger partial charge in [0.1, 0.15) is 0 Å². The van der Waals surface area contributed by atoms with E-state index in [2.05, 4.69) is 11.9 Å². The number of carbonyl (C=O) groups excluding carboxylic acids is 1. The molecule has 0 heterocycles. The Labute approximate surface area is 186 Å². The Bertz CT molecular complexity index is 393. The fourth-order valence-corrected chi connectivity index (χ4v) is 4.09. The van der Waals surface area contributed by atoms with Crippen molar-refractivity contribution in [3.8, 4) is 0 Å². The van der Waals surface area contributed by atoms with Gasteiger partial charge in [-0.3, -0.25) is 0 Å². The van der Waals surface area contributed by atoms with Gasteiger partial charge < -0.3 is 14.2 Å². The van der Waals surface area contributed by atoms with Gasteiger partial charge >= 0.3 is 0 Å². The van der Waals surface area contributed by atoms with E-state index in [1.165, 1.54) is 64.2 Å². The Morgan fingerprint density at radius 3 is 1.53 bits per heavy atom. The number of unbranched alkanes of at least 4 members (excludes halogenated alkanes) is 10. The summed E-state index contributed by atoms with van der Waals surface area (Å²) in [5, 5.41) is 0. The molecule has 0 saturated heterocycles. The third-order valence-corrected chi connectivity index (χ3v) is 5.58. The molecule has 0 aromatic carbocycles. The van der Waals surface area contributed by atoms with Crippen LogP contribution in [0.5, 0.6) is 0 Å². The number of hydrogen-bond acceptors (Lipinski definition) is 5. The molecule has 0 fully saturated rings. The van der Waals surface area contributed by atoms with Crippen LogP contribution in [0.25, 0.3) is 0 Å². The van der Waals surface area contributed by atoms with E-state index >= 15 is 0 Å². The molecule has 5 heteroatoms. The summed E-state index contributed by atoms with van der Waals surface area (Å²) >= 11 is 0. The maximum Gasteiger partial charge on any atom is 0.285 e. The largest absolute Gasteiger partial charge is 0.328 e. The van der Waals surface area contributed by atoms with Crippen molar-refractivity contribution >= 4 is 6.08 Å². The molecule has 0 aliphatic rings. The van der Waals surface area contributed by atoms with Crippen LogP contribution < -0.4 is 0 Å². The smallest absolute Gasteiger partial charge is 0.285 e. The summed E-state index contributed by atoms with van der Waals surface area (Å²) in [4.78, 5) is 13.7. The molecule has 0 aromatic heterocycles. The number of isocyanates is 1. The lowest BCUT2D eigenvalue weighted by molar-refractivity contribution is -0.403. The molecular formula is C25H49NO4. The van der Waals surface area contributed by atoms with E-state index in [1.807, 2.05) is 20.8 Å². The second kappa shape index (κ2) is 21.5. The SMILES string of the molecule is CCCCCCCCC(CCCCCCCCN=C=O)C(OCC)(OCC)OCC. The predicted molar refractivity (Wildman–Crippen MR) is 124 cm³/mol. The fraction of sp³-hybridized carbons (Fsp3) is 0.960. The Hall–Kier alpha value is -0.740. The summed E-state index contributed by atoms with van der Waals surface area (Å²) in [5.74, 6) is -0.625. The number of rotatable bonds is 23. The summed E-state index contributed by atoms with van der Waals surface area (Å²) in [7, 11) is 0. The van der Waals surface area contributed by atoms with E-state index in [9.17, 15) is 4.79 Å². The van der Waals surface area contributed by atoms with Crippen molar-refractivity contribution < 1.29 is 19.0 Å². The highest BCUT2D eigenvalue weighted by Crippen LogP contribution is 2.34. The van der Waals surface area contributed by atoms with Crippen molar-refractivity contribution in [2.24, 2.45) is 10.9 Å². The zero-order chi connectivity index (χ0) is 22.3. The van der Waals surface area contributed by atoms with E-state index in [-0.39, 0.29) is 5.92 Å². The molecule has 178 valence electrons. The molecule has 5 nitrogen and oxygen atoms in total. The minimum atomic E-state index is -0.894. The molecule has 0 aliphatic carbocycles. The first kappa shape index (κ1) is 29.3. The van der Waals surface area contributed by atoms with Crippen LogP contribution in [0.4, 0.5) is 0 Å². The van der Waals surface area contributed by atoms with Crippen molar-refractivity contribution in [1.29, 1.82) is 0 Å². The van der Waals surface area contributed by atoms with Gasteiger partial charge in [0, 0.05) is 25.7 Å². The average molecular weight is 428 g/mol. The van der Waals surface area contributed by atoms with Crippen LogP contribution in [-0.4, -0.2) is 38.4 Å². The van der Waals surface area contributed by atoms with Crippen LogP contribution in [0.2, 0.25) is 0 Å². The van der Waals surface area contributed by atoms with E-state index in [4.69, 9.17) is 14.2 Å². The third-order valence-electron chi connectivity index (χ3n) is 5.58. The van der Waals surface area contributed by atoms with Crippen molar-refractivity contribution in [2.45, 2.75) is 124 Å². The molecule has 1 unspecified atom stereocenters. The second-order valence-corrected chi connectivity index (χ2v) is 8.04. The van der Waals surface area contributed by atoms with Crippen LogP contribution in [0.15, 0.2) is 4.99 Å². The Kier molecular flexibility index (Phi) is 21.0. The fourth-order valence-electron chi connectivity index (χ4n) is 4.09. The van der Waals surface area contributed by atoms with Crippen LogP contribution >= 0.6 is 0 Å². The van der Waals surface area contributed by atoms with Gasteiger partial charge in [0.2, 0.25) is 6.08 Å². The zero-order valence-electron chi connectivity index (χ0n) is 20.4. The van der Waals surface area contributed by atoms with Gasteiger partial charge in [0.15, 0.2) is 0 Å². The maximum atomic E-state index is 10.1. The molecule has 30 heavy (non-hydrogen) atoms. The highest BCUT2D eigenvalue weighted by molar-refractivity contribution is 5.32. The molecule has 0 aliphatic heterocycles. The van der Waals surface area contributed by atoms with E-state index in [1.54, 1.807) is 6.08 Å². The van der Waals surface area contributed by atoms with Crippen molar-refractivity contribution in [3.05, 3.63) is 0 Å². The van der Waals surface area contributed by atoms with E-state index in [0.717, 1.165) is 25.7 Å². The number of ether oxygens (including phenoxy) is 3. The van der Waals surface area contributed by atoms with Crippen LogP contribution in [0.1, 0.15) is 118 Å². The first-order valence-electron chi connectivity index (χ1n) is 12.7. The Morgan fingerprint density at radius 2 is 1.10 bits per heavy atom. The predicted octanol–water partition coefficient (Wildman–Crippen LogP) is 7.18. The Morgan fingerprint density at radius 1 is 0.667 bits per heavy atom. The average Bonchev–Trinajstić information content (AvgIpc) is 2.74. The van der Waals surface area contributed by atoms with Crippen molar-refractivity contribution in [2.75, 3.05) is 26.4 Å². The van der Waals surface area contributed by atoms with Crippen LogP contribution in [-0.2, 0) is 19.0 Å². The summed E-state index contributed by atoms with van der Waals surface area (Å²) in [6.07, 6.45) is 18.5. The zero-order valence-corrected chi connectivity index (χ0v) is 20.4. The monoisotopic (exact) mass is 427 g/mol. The minimum Gasteiger partial charge on any atom is -0.328 e. The molecule has 0 saturated carbocycles. The quantitative estimate of drug-likeness (QED) is 0.0749. The second-order valence-electron chi connectivity index (χ2n) is 8.04. The molecule has 0 N–H and O–H groups in total. The molecular weight excluding hydrogens is 378 g/mol. The lowest BCUT2D eigenvalue weighted by atomic mass is 9.91. The number of nitrogens with zero attached hydrogens (tertiary/aromatic N) is 1. The minimum absolute atomic E-state index is 0.269. The van der Waals surface area contributed by atoms with Gasteiger partial charge in [0.25, 0.3) is 5.97 Å². The number of aliphatic imine (C=N–C) groups is 1. The Balaban J connectivity index is 4.61. The lowest BCUT2D eigenvalue weighted by Gasteiger charge is -2.39. The van der Waals surface area contributed by atoms with Gasteiger partial charge in [-0.25, -0.2) is 9.79 Å². The van der Waals surface area contributed by atoms with Crippen molar-refractivity contribution in [1.82, 2.24) is 0 Å². The topological polar surface area (TPSA) is 57.1 Å². The van der Waals surface area contributed by atoms with Gasteiger partial charge in [-0.1, -0.05) is 77.6 Å². The third kappa shape index (κ3) is 14.3. The standard InChI is InChI=1S/C25H49NO4/c1-5-9-10-11-14-17-20-24(25(28-6-2,29-7-3)30-8-4)21-18-15-12-13-16-19-22-26-23-27/h24H,5-22H2,1-4H3. The van der Waals surface area contributed by atoms with Crippen LogP contribution in [0.3, 0.4) is 0 Å². The van der Waals surface area contributed by atoms with E-state index < -0.39 is 5.97 Å². The highest BCUT2D eigenvalue weighted by Gasteiger charge is 2.41. The summed E-state index contributed by atoms with van der Waals surface area (Å²) in [6, 6.07) is 0. The van der Waals surface area contributed by atoms with Gasteiger partial charge in [-0.15, -0.1) is 0 Å². The van der Waals surface area contributed by atoms with Crippen molar-refractivity contribution in [3.63, 3.8) is 0 Å². The molecule has 1 atom stereocenters. The number of hydrogen-bond donors (Lipinski definition) is 0. The first-order valence-corrected chi connectivity index (χ1v) is 12.7. The molecule has 0 amide bonds. The molecule has 0 spiro atoms. The van der Waals surface area contributed by atoms with Gasteiger partial charge in [-0.2, -0.15) is 0 Å². The molecule has 0 aromatic rings. The van der Waals surface area contributed by atoms with Gasteiger partial charge in [-0.05, 0) is 40.0 Å². The molecule has 0 radical (unpaired) electrons. The van der Waals surface area contributed by atoms with Crippen LogP contribution in [0, 0.1) is 5.92 Å². The molecule has 0 bridgehead atoms. The highest BCUT2D eigenvalue weighted by atomic mass is 16.9. The lowest BCUT2D eigenvalue weighted by Crippen LogP contribution is -2.46. The summed E-state index contributed by atoms with van der Waals surface area (Å²) < 4.78 is 18.3. The maximum absolute atomic E-state index is 10.1. The summed E-state index contributed by atoms with van der Waals surface area (Å²) in [6.45, 7) is 10.7. The summed E-state index contributed by atoms with van der Waals surface area (Å²) in [5.41, 5.74) is 0. The van der Waals surface area contributed by atoms with Gasteiger partial charge in [0.05, 0.1) is 6.54 Å².